The van der Waals surface area contributed by atoms with Gasteiger partial charge in [0.2, 0.25) is 0 Å². The molecule has 0 aliphatic carbocycles. The number of carbonyl (C=O) groups is 1. The van der Waals surface area contributed by atoms with E-state index in [0.29, 0.717) is 21.3 Å². The summed E-state index contributed by atoms with van der Waals surface area (Å²) in [7, 11) is 0. The molecule has 0 saturated carbocycles. The summed E-state index contributed by atoms with van der Waals surface area (Å²) in [5, 5.41) is 3.41. The number of para-hydroxylation sites is 1. The molecule has 0 unspecified atom stereocenters. The molecule has 0 fully saturated rings. The number of anilines is 1. The number of hydrogen-bond donors (Lipinski definition) is 1. The zero-order chi connectivity index (χ0) is 12.3. The second kappa shape index (κ2) is 5.21. The van der Waals surface area contributed by atoms with Crippen molar-refractivity contribution in [2.45, 2.75) is 0 Å². The van der Waals surface area contributed by atoms with E-state index < -0.39 is 0 Å². The Morgan fingerprint density at radius 2 is 1.47 bits per heavy atom. The maximum atomic E-state index is 12.0. The number of carbonyl (C=O) groups excluding carboxylic acids is 1. The number of amides is 1. The summed E-state index contributed by atoms with van der Waals surface area (Å²) in [5.74, 6) is -0.313. The van der Waals surface area contributed by atoms with Crippen LogP contribution in [-0.4, -0.2) is 5.91 Å². The minimum Gasteiger partial charge on any atom is -0.322 e. The van der Waals surface area contributed by atoms with Crippen molar-refractivity contribution in [1.29, 1.82) is 0 Å². The highest BCUT2D eigenvalue weighted by molar-refractivity contribution is 6.40. The van der Waals surface area contributed by atoms with Crippen molar-refractivity contribution in [2.24, 2.45) is 0 Å². The van der Waals surface area contributed by atoms with Gasteiger partial charge in [0.25, 0.3) is 5.91 Å². The molecule has 2 aromatic carbocycles. The van der Waals surface area contributed by atoms with E-state index in [1.54, 1.807) is 30.3 Å². The molecule has 0 aromatic heterocycles. The van der Waals surface area contributed by atoms with Crippen molar-refractivity contribution >= 4 is 34.8 Å². The Morgan fingerprint density at radius 3 is 2.06 bits per heavy atom. The SMILES string of the molecule is O=C(Nc1ccccc1)c1c(Cl)cccc1Cl. The van der Waals surface area contributed by atoms with Gasteiger partial charge in [-0.25, -0.2) is 0 Å². The van der Waals surface area contributed by atoms with Crippen molar-refractivity contribution in [3.05, 3.63) is 64.1 Å². The molecule has 0 spiro atoms. The van der Waals surface area contributed by atoms with Gasteiger partial charge < -0.3 is 5.32 Å². The lowest BCUT2D eigenvalue weighted by molar-refractivity contribution is 0.102. The van der Waals surface area contributed by atoms with E-state index in [0.717, 1.165) is 0 Å². The predicted octanol–water partition coefficient (Wildman–Crippen LogP) is 4.25. The van der Waals surface area contributed by atoms with E-state index in [-0.39, 0.29) is 5.91 Å². The summed E-state index contributed by atoms with van der Waals surface area (Å²) >= 11 is 11.9. The van der Waals surface area contributed by atoms with Crippen LogP contribution in [0.15, 0.2) is 48.5 Å². The van der Waals surface area contributed by atoms with Gasteiger partial charge in [-0.2, -0.15) is 0 Å². The van der Waals surface area contributed by atoms with E-state index >= 15 is 0 Å². The van der Waals surface area contributed by atoms with Gasteiger partial charge in [0.15, 0.2) is 0 Å². The highest BCUT2D eigenvalue weighted by Gasteiger charge is 2.14. The molecule has 17 heavy (non-hydrogen) atoms. The van der Waals surface area contributed by atoms with Crippen LogP contribution in [0.25, 0.3) is 0 Å². The van der Waals surface area contributed by atoms with Gasteiger partial charge in [0.1, 0.15) is 0 Å². The highest BCUT2D eigenvalue weighted by Crippen LogP contribution is 2.25. The van der Waals surface area contributed by atoms with Crippen molar-refractivity contribution in [2.75, 3.05) is 5.32 Å². The molecule has 1 amide bonds. The van der Waals surface area contributed by atoms with Crippen LogP contribution in [0.1, 0.15) is 10.4 Å². The Bertz CT molecular complexity index is 520. The maximum absolute atomic E-state index is 12.0. The van der Waals surface area contributed by atoms with Crippen LogP contribution in [0.4, 0.5) is 5.69 Å². The zero-order valence-electron chi connectivity index (χ0n) is 8.78. The molecule has 2 nitrogen and oxygen atoms in total. The fourth-order valence-electron chi connectivity index (χ4n) is 1.43. The molecule has 2 rings (SSSR count). The van der Waals surface area contributed by atoms with Gasteiger partial charge in [-0.15, -0.1) is 0 Å². The molecular weight excluding hydrogens is 257 g/mol. The molecular formula is C13H9Cl2NO. The summed E-state index contributed by atoms with van der Waals surface area (Å²) in [4.78, 5) is 12.0. The Morgan fingerprint density at radius 1 is 0.882 bits per heavy atom. The molecule has 0 atom stereocenters. The van der Waals surface area contributed by atoms with E-state index in [2.05, 4.69) is 5.32 Å². The number of benzene rings is 2. The minimum atomic E-state index is -0.313. The van der Waals surface area contributed by atoms with E-state index in [9.17, 15) is 4.79 Å². The van der Waals surface area contributed by atoms with Crippen LogP contribution < -0.4 is 5.32 Å². The Kier molecular flexibility index (Phi) is 3.67. The summed E-state index contributed by atoms with van der Waals surface area (Å²) in [6, 6.07) is 14.1. The van der Waals surface area contributed by atoms with Crippen LogP contribution in [0, 0.1) is 0 Å². The summed E-state index contributed by atoms with van der Waals surface area (Å²) in [6.07, 6.45) is 0. The fraction of sp³-hybridized carbons (Fsp3) is 0. The number of halogens is 2. The molecule has 86 valence electrons. The summed E-state index contributed by atoms with van der Waals surface area (Å²) in [5.41, 5.74) is 0.994. The lowest BCUT2D eigenvalue weighted by Crippen LogP contribution is -2.12. The van der Waals surface area contributed by atoms with Gasteiger partial charge >= 0.3 is 0 Å². The summed E-state index contributed by atoms with van der Waals surface area (Å²) in [6.45, 7) is 0. The first kappa shape index (κ1) is 12.0. The maximum Gasteiger partial charge on any atom is 0.258 e. The van der Waals surface area contributed by atoms with Gasteiger partial charge in [-0.3, -0.25) is 4.79 Å². The number of rotatable bonds is 2. The zero-order valence-corrected chi connectivity index (χ0v) is 10.3. The summed E-state index contributed by atoms with van der Waals surface area (Å²) < 4.78 is 0. The molecule has 2 aromatic rings. The molecule has 0 heterocycles. The lowest BCUT2D eigenvalue weighted by Gasteiger charge is -2.07. The van der Waals surface area contributed by atoms with Crippen LogP contribution in [0.3, 0.4) is 0 Å². The van der Waals surface area contributed by atoms with Crippen LogP contribution in [-0.2, 0) is 0 Å². The van der Waals surface area contributed by atoms with E-state index in [4.69, 9.17) is 23.2 Å². The van der Waals surface area contributed by atoms with Crippen LogP contribution in [0.2, 0.25) is 10.0 Å². The number of nitrogens with one attached hydrogen (secondary N) is 1. The standard InChI is InChI=1S/C13H9Cl2NO/c14-10-7-4-8-11(15)12(10)13(17)16-9-5-2-1-3-6-9/h1-8H,(H,16,17). The Hall–Kier alpha value is -1.51. The molecule has 1 N–H and O–H groups in total. The predicted molar refractivity (Wildman–Crippen MR) is 70.9 cm³/mol. The lowest BCUT2D eigenvalue weighted by atomic mass is 10.2. The largest absolute Gasteiger partial charge is 0.322 e. The second-order valence-electron chi connectivity index (χ2n) is 3.42. The monoisotopic (exact) mass is 265 g/mol. The quantitative estimate of drug-likeness (QED) is 0.865. The normalized spacial score (nSPS) is 10.0. The molecule has 0 saturated heterocycles. The van der Waals surface area contributed by atoms with E-state index in [1.807, 2.05) is 18.2 Å². The third-order valence-electron chi connectivity index (χ3n) is 2.22. The van der Waals surface area contributed by atoms with Crippen molar-refractivity contribution in [3.8, 4) is 0 Å². The van der Waals surface area contributed by atoms with Crippen molar-refractivity contribution in [1.82, 2.24) is 0 Å². The van der Waals surface area contributed by atoms with Crippen LogP contribution in [0.5, 0.6) is 0 Å². The third kappa shape index (κ3) is 2.78. The molecule has 4 heteroatoms. The van der Waals surface area contributed by atoms with Crippen molar-refractivity contribution < 1.29 is 4.79 Å². The Labute approximate surface area is 109 Å². The van der Waals surface area contributed by atoms with Crippen molar-refractivity contribution in [3.63, 3.8) is 0 Å². The van der Waals surface area contributed by atoms with Gasteiger partial charge in [-0.05, 0) is 24.3 Å². The minimum absolute atomic E-state index is 0.291. The average Bonchev–Trinajstić information content (AvgIpc) is 2.30. The van der Waals surface area contributed by atoms with Gasteiger partial charge in [0, 0.05) is 5.69 Å². The first-order valence-electron chi connectivity index (χ1n) is 4.99. The average molecular weight is 266 g/mol. The second-order valence-corrected chi connectivity index (χ2v) is 4.23. The molecule has 0 radical (unpaired) electrons. The first-order valence-corrected chi connectivity index (χ1v) is 5.74. The van der Waals surface area contributed by atoms with Crippen LogP contribution >= 0.6 is 23.2 Å². The number of hydrogen-bond acceptors (Lipinski definition) is 1. The highest BCUT2D eigenvalue weighted by atomic mass is 35.5. The molecule has 0 aliphatic heterocycles. The Balaban J connectivity index is 2.27. The third-order valence-corrected chi connectivity index (χ3v) is 2.85. The molecule has 0 aliphatic rings. The van der Waals surface area contributed by atoms with Gasteiger partial charge in [0.05, 0.1) is 15.6 Å². The smallest absolute Gasteiger partial charge is 0.258 e. The fourth-order valence-corrected chi connectivity index (χ4v) is 2.00. The first-order chi connectivity index (χ1) is 8.18. The van der Waals surface area contributed by atoms with E-state index in [1.165, 1.54) is 0 Å². The molecule has 0 bridgehead atoms. The topological polar surface area (TPSA) is 29.1 Å². The van der Waals surface area contributed by atoms with Gasteiger partial charge in [-0.1, -0.05) is 47.5 Å².